The number of likely N-dealkylation sites (tertiary alicyclic amines) is 1. The molecule has 4 rings (SSSR count). The summed E-state index contributed by atoms with van der Waals surface area (Å²) in [5.41, 5.74) is -2.14. The monoisotopic (exact) mass is 516 g/mol. The van der Waals surface area contributed by atoms with Crippen LogP contribution in [0.1, 0.15) is 17.9 Å². The lowest BCUT2D eigenvalue weighted by atomic mass is 9.86. The van der Waals surface area contributed by atoms with E-state index in [0.29, 0.717) is 0 Å². The number of halogens is 6. The first kappa shape index (κ1) is 25.2. The fourth-order valence-electron chi connectivity index (χ4n) is 3.78. The largest absolute Gasteiger partial charge is 0.433 e. The Morgan fingerprint density at radius 2 is 1.86 bits per heavy atom. The zero-order valence-corrected chi connectivity index (χ0v) is 18.4. The molecule has 0 radical (unpaired) electrons. The number of carbonyl (C=O) groups excluding carboxylic acids is 1. The number of aryl methyl sites for hydroxylation is 1. The molecule has 3 aromatic rings. The topological polar surface area (TPSA) is 109 Å². The minimum absolute atomic E-state index is 0.131. The average Bonchev–Trinajstić information content (AvgIpc) is 3.50. The summed E-state index contributed by atoms with van der Waals surface area (Å²) in [7, 11) is 1.56. The third-order valence-corrected chi connectivity index (χ3v) is 5.67. The van der Waals surface area contributed by atoms with Crippen LogP contribution in [-0.2, 0) is 23.4 Å². The summed E-state index contributed by atoms with van der Waals surface area (Å²) in [5, 5.41) is 24.3. The van der Waals surface area contributed by atoms with E-state index in [-0.39, 0.29) is 40.2 Å². The molecule has 2 N–H and O–H groups in total. The first-order valence-electron chi connectivity index (χ1n) is 10.3. The summed E-state index contributed by atoms with van der Waals surface area (Å²) in [6.07, 6.45) is -10.2. The van der Waals surface area contributed by atoms with Crippen molar-refractivity contribution in [2.45, 2.75) is 30.4 Å². The van der Waals surface area contributed by atoms with Crippen molar-refractivity contribution in [1.82, 2.24) is 24.9 Å². The van der Waals surface area contributed by atoms with Crippen molar-refractivity contribution in [2.75, 3.05) is 11.9 Å². The van der Waals surface area contributed by atoms with Crippen LogP contribution in [0.4, 0.5) is 37.8 Å². The van der Waals surface area contributed by atoms with Gasteiger partial charge in [0.2, 0.25) is 18.0 Å². The summed E-state index contributed by atoms with van der Waals surface area (Å²) >= 11 is 0. The van der Waals surface area contributed by atoms with Gasteiger partial charge in [0.05, 0.1) is 5.56 Å². The van der Waals surface area contributed by atoms with E-state index < -0.39 is 42.0 Å². The third-order valence-electron chi connectivity index (χ3n) is 5.67. The zero-order chi connectivity index (χ0) is 26.5. The Balaban J connectivity index is 1.62. The van der Waals surface area contributed by atoms with Crippen molar-refractivity contribution < 1.29 is 40.7 Å². The minimum Gasteiger partial charge on any atom is -0.419 e. The second-order valence-electron chi connectivity index (χ2n) is 8.02. The number of benzene rings is 1. The van der Waals surface area contributed by atoms with Gasteiger partial charge in [0.15, 0.2) is 5.82 Å². The Labute approximate surface area is 199 Å². The predicted molar refractivity (Wildman–Crippen MR) is 111 cm³/mol. The second kappa shape index (κ2) is 8.65. The highest BCUT2D eigenvalue weighted by Gasteiger charge is 2.56. The first-order valence-corrected chi connectivity index (χ1v) is 10.3. The molecule has 1 amide bonds. The van der Waals surface area contributed by atoms with Crippen LogP contribution in [-0.4, -0.2) is 54.8 Å². The number of aromatic nitrogens is 4. The van der Waals surface area contributed by atoms with E-state index in [9.17, 15) is 36.2 Å². The highest BCUT2D eigenvalue weighted by Crippen LogP contribution is 2.41. The molecule has 1 aliphatic rings. The lowest BCUT2D eigenvalue weighted by Crippen LogP contribution is -2.49. The molecular formula is C21H18F6N6O3. The summed E-state index contributed by atoms with van der Waals surface area (Å²) < 4.78 is 84.4. The molecule has 15 heteroatoms. The first-order chi connectivity index (χ1) is 16.8. The van der Waals surface area contributed by atoms with Crippen LogP contribution >= 0.6 is 0 Å². The molecule has 2 atom stereocenters. The van der Waals surface area contributed by atoms with E-state index in [0.717, 1.165) is 18.2 Å². The number of anilines is 2. The number of amides is 1. The lowest BCUT2D eigenvalue weighted by Gasteiger charge is -2.26. The number of aliphatic hydroxyl groups excluding tert-OH is 1. The Bertz CT molecular complexity index is 1280. The molecule has 1 aliphatic heterocycles. The Kier molecular flexibility index (Phi) is 6.06. The quantitative estimate of drug-likeness (QED) is 0.379. The SMILES string of the molecule is C=C[C@@]1(c2nnc(-c3cn(C)nc3Nc3ccc(C(F)(F)F)cc3)o2)CCN([C@@H](O)C(F)(F)F)C1=O. The molecule has 1 aromatic carbocycles. The summed E-state index contributed by atoms with van der Waals surface area (Å²) in [4.78, 5) is 13.1. The van der Waals surface area contributed by atoms with Gasteiger partial charge in [0.1, 0.15) is 11.0 Å². The van der Waals surface area contributed by atoms with Gasteiger partial charge in [0.25, 0.3) is 5.89 Å². The molecule has 3 heterocycles. The van der Waals surface area contributed by atoms with Crippen LogP contribution in [0.2, 0.25) is 0 Å². The van der Waals surface area contributed by atoms with Gasteiger partial charge in [-0.1, -0.05) is 6.08 Å². The fourth-order valence-corrected chi connectivity index (χ4v) is 3.78. The van der Waals surface area contributed by atoms with Gasteiger partial charge in [0, 0.05) is 25.5 Å². The maximum Gasteiger partial charge on any atom is 0.433 e. The molecule has 0 bridgehead atoms. The Hall–Kier alpha value is -3.88. The number of aliphatic hydroxyl groups is 1. The Morgan fingerprint density at radius 3 is 2.44 bits per heavy atom. The van der Waals surface area contributed by atoms with E-state index in [1.807, 2.05) is 0 Å². The van der Waals surface area contributed by atoms with E-state index in [1.54, 1.807) is 7.05 Å². The third kappa shape index (κ3) is 4.41. The maximum absolute atomic E-state index is 13.0. The van der Waals surface area contributed by atoms with Gasteiger partial charge < -0.3 is 19.7 Å². The smallest absolute Gasteiger partial charge is 0.419 e. The fraction of sp³-hybridized carbons (Fsp3) is 0.333. The van der Waals surface area contributed by atoms with E-state index in [1.165, 1.54) is 23.0 Å². The van der Waals surface area contributed by atoms with E-state index in [4.69, 9.17) is 4.42 Å². The van der Waals surface area contributed by atoms with Crippen LogP contribution in [0, 0.1) is 0 Å². The van der Waals surface area contributed by atoms with Crippen molar-refractivity contribution in [2.24, 2.45) is 7.05 Å². The molecule has 0 saturated carbocycles. The number of alkyl halides is 6. The number of hydrogen-bond donors (Lipinski definition) is 2. The second-order valence-corrected chi connectivity index (χ2v) is 8.02. The van der Waals surface area contributed by atoms with Crippen LogP contribution in [0.15, 0.2) is 47.5 Å². The number of nitrogens with one attached hydrogen (secondary N) is 1. The average molecular weight is 516 g/mol. The van der Waals surface area contributed by atoms with E-state index >= 15 is 0 Å². The number of hydrogen-bond acceptors (Lipinski definition) is 7. The number of carbonyl (C=O) groups is 1. The molecule has 9 nitrogen and oxygen atoms in total. The van der Waals surface area contributed by atoms with E-state index in [2.05, 4.69) is 27.2 Å². The van der Waals surface area contributed by atoms with Gasteiger partial charge in [-0.25, -0.2) is 0 Å². The van der Waals surface area contributed by atoms with Gasteiger partial charge in [-0.15, -0.1) is 16.8 Å². The van der Waals surface area contributed by atoms with Crippen molar-refractivity contribution in [3.8, 4) is 11.5 Å². The maximum atomic E-state index is 13.0. The van der Waals surface area contributed by atoms with Crippen LogP contribution in [0.3, 0.4) is 0 Å². The van der Waals surface area contributed by atoms with Gasteiger partial charge >= 0.3 is 12.4 Å². The highest BCUT2D eigenvalue weighted by atomic mass is 19.4. The predicted octanol–water partition coefficient (Wildman–Crippen LogP) is 3.77. The molecule has 0 unspecified atom stereocenters. The highest BCUT2D eigenvalue weighted by molar-refractivity contribution is 5.91. The molecule has 0 aliphatic carbocycles. The van der Waals surface area contributed by atoms with Gasteiger partial charge in [-0.05, 0) is 30.7 Å². The van der Waals surface area contributed by atoms with Crippen LogP contribution in [0.5, 0.6) is 0 Å². The summed E-state index contributed by atoms with van der Waals surface area (Å²) in [6.45, 7) is 3.10. The molecule has 1 fully saturated rings. The Morgan fingerprint density at radius 1 is 1.19 bits per heavy atom. The van der Waals surface area contributed by atoms with Gasteiger partial charge in [-0.3, -0.25) is 9.48 Å². The molecule has 192 valence electrons. The molecular weight excluding hydrogens is 498 g/mol. The molecule has 0 spiro atoms. The lowest BCUT2D eigenvalue weighted by molar-refractivity contribution is -0.245. The molecule has 36 heavy (non-hydrogen) atoms. The minimum atomic E-state index is -5.05. The number of rotatable bonds is 6. The van der Waals surface area contributed by atoms with Crippen molar-refractivity contribution in [3.63, 3.8) is 0 Å². The van der Waals surface area contributed by atoms with Crippen molar-refractivity contribution in [3.05, 3.63) is 54.6 Å². The van der Waals surface area contributed by atoms with Gasteiger partial charge in [-0.2, -0.15) is 31.4 Å². The van der Waals surface area contributed by atoms with Crippen molar-refractivity contribution >= 4 is 17.4 Å². The van der Waals surface area contributed by atoms with Crippen LogP contribution < -0.4 is 5.32 Å². The normalized spacial score (nSPS) is 19.6. The standard InChI is InChI=1S/C21H18F6N6O3/c1-3-19(8-9-33(17(19)34)18(35)21(25,26)27)16-30-29-15(36-16)13-10-32(2)31-14(13)28-12-6-4-11(5-7-12)20(22,23)24/h3-7,10,18,35H,1,8-9H2,2H3,(H,28,31)/t18-,19-/m0/s1. The zero-order valence-electron chi connectivity index (χ0n) is 18.4. The molecule has 2 aromatic heterocycles. The summed E-state index contributed by atoms with van der Waals surface area (Å²) in [6, 6.07) is 4.17. The van der Waals surface area contributed by atoms with Crippen molar-refractivity contribution in [1.29, 1.82) is 0 Å². The van der Waals surface area contributed by atoms with Crippen LogP contribution in [0.25, 0.3) is 11.5 Å². The summed E-state index contributed by atoms with van der Waals surface area (Å²) in [5.74, 6) is -1.46. The number of nitrogens with zero attached hydrogens (tertiary/aromatic N) is 5. The molecule has 1 saturated heterocycles.